The number of thiol groups is 2. The van der Waals surface area contributed by atoms with Crippen LogP contribution < -0.4 is 0 Å². The number of hydrogen-bond donors (Lipinski definition) is 2. The Balaban J connectivity index is 0.000000211. The number of benzene rings is 4. The number of hydrogen-bond acceptors (Lipinski definition) is 2. The van der Waals surface area contributed by atoms with E-state index in [-0.39, 0.29) is 0 Å². The summed E-state index contributed by atoms with van der Waals surface area (Å²) in [5, 5.41) is 2.61. The van der Waals surface area contributed by atoms with E-state index in [9.17, 15) is 0 Å². The summed E-state index contributed by atoms with van der Waals surface area (Å²) in [6.07, 6.45) is 0. The quantitative estimate of drug-likeness (QED) is 0.211. The molecule has 0 atom stereocenters. The maximum atomic E-state index is 3.22. The molecular weight excluding hydrogens is 378 g/mol. The molecule has 0 aliphatic carbocycles. The van der Waals surface area contributed by atoms with Gasteiger partial charge in [0.25, 0.3) is 0 Å². The summed E-state index contributed by atoms with van der Waals surface area (Å²) in [4.78, 5) is 0. The largest absolute Gasteiger partial charge is 0.309 e. The Morgan fingerprint density at radius 1 is 0.500 bits per heavy atom. The SMILES string of the molecule is Cc1ccccc1.SS.c1ccc(-n2c3ccccc3c3ccccc32)cc1. The molecule has 0 aliphatic heterocycles. The first-order chi connectivity index (χ1) is 13.8. The van der Waals surface area contributed by atoms with Crippen LogP contribution in [0, 0.1) is 6.92 Å². The van der Waals surface area contributed by atoms with E-state index in [0.717, 1.165) is 0 Å². The normalized spacial score (nSPS) is 9.96. The Morgan fingerprint density at radius 2 is 0.893 bits per heavy atom. The zero-order chi connectivity index (χ0) is 19.8. The highest BCUT2D eigenvalue weighted by atomic mass is 33.1. The van der Waals surface area contributed by atoms with Crippen LogP contribution in [0.2, 0.25) is 0 Å². The van der Waals surface area contributed by atoms with Crippen molar-refractivity contribution < 1.29 is 0 Å². The minimum absolute atomic E-state index is 1.21. The average molecular weight is 402 g/mol. The first kappa shape index (κ1) is 20.1. The Labute approximate surface area is 176 Å². The van der Waals surface area contributed by atoms with E-state index in [4.69, 9.17) is 0 Å². The van der Waals surface area contributed by atoms with Gasteiger partial charge in [-0.15, -0.1) is 23.3 Å². The minimum atomic E-state index is 1.21. The van der Waals surface area contributed by atoms with Gasteiger partial charge in [-0.3, -0.25) is 0 Å². The van der Waals surface area contributed by atoms with Crippen molar-refractivity contribution in [3.8, 4) is 5.69 Å². The highest BCUT2D eigenvalue weighted by molar-refractivity contribution is 8.59. The van der Waals surface area contributed by atoms with Gasteiger partial charge in [-0.1, -0.05) is 90.5 Å². The van der Waals surface area contributed by atoms with Gasteiger partial charge < -0.3 is 4.57 Å². The van der Waals surface area contributed by atoms with E-state index in [1.54, 1.807) is 0 Å². The average Bonchev–Trinajstić information content (AvgIpc) is 3.11. The van der Waals surface area contributed by atoms with Crippen LogP contribution in [0.1, 0.15) is 5.56 Å². The van der Waals surface area contributed by atoms with Crippen molar-refractivity contribution in [3.05, 3.63) is 115 Å². The molecule has 0 radical (unpaired) electrons. The Kier molecular flexibility index (Phi) is 7.24. The molecule has 5 aromatic rings. The minimum Gasteiger partial charge on any atom is -0.309 e. The van der Waals surface area contributed by atoms with Gasteiger partial charge in [0.05, 0.1) is 11.0 Å². The molecule has 5 rings (SSSR count). The summed E-state index contributed by atoms with van der Waals surface area (Å²) in [7, 11) is 0. The highest BCUT2D eigenvalue weighted by Gasteiger charge is 2.10. The lowest BCUT2D eigenvalue weighted by Gasteiger charge is -2.06. The summed E-state index contributed by atoms with van der Waals surface area (Å²) in [5.74, 6) is 0. The lowest BCUT2D eigenvalue weighted by molar-refractivity contribution is 1.18. The summed E-state index contributed by atoms with van der Waals surface area (Å²) in [6.45, 7) is 2.08. The van der Waals surface area contributed by atoms with Crippen LogP contribution in [-0.4, -0.2) is 4.57 Å². The monoisotopic (exact) mass is 401 g/mol. The smallest absolute Gasteiger partial charge is 0.0541 e. The molecule has 0 saturated heterocycles. The van der Waals surface area contributed by atoms with Crippen LogP contribution in [-0.2, 0) is 0 Å². The van der Waals surface area contributed by atoms with E-state index in [2.05, 4.69) is 126 Å². The van der Waals surface area contributed by atoms with Crippen molar-refractivity contribution in [1.29, 1.82) is 0 Å². The number of aromatic nitrogens is 1. The van der Waals surface area contributed by atoms with Crippen molar-refractivity contribution in [2.75, 3.05) is 0 Å². The second-order valence-electron chi connectivity index (χ2n) is 6.36. The van der Waals surface area contributed by atoms with Gasteiger partial charge in [0, 0.05) is 16.5 Å². The molecule has 0 N–H and O–H groups in total. The maximum absolute atomic E-state index is 3.22. The third kappa shape index (κ3) is 4.44. The zero-order valence-electron chi connectivity index (χ0n) is 15.7. The Hall–Kier alpha value is -2.62. The molecule has 1 nitrogen and oxygen atoms in total. The van der Waals surface area contributed by atoms with Crippen molar-refractivity contribution in [2.24, 2.45) is 0 Å². The second-order valence-corrected chi connectivity index (χ2v) is 6.36. The van der Waals surface area contributed by atoms with Crippen LogP contribution in [0.25, 0.3) is 27.5 Å². The molecule has 28 heavy (non-hydrogen) atoms. The van der Waals surface area contributed by atoms with Gasteiger partial charge >= 0.3 is 0 Å². The molecule has 1 aromatic heterocycles. The third-order valence-electron chi connectivity index (χ3n) is 4.53. The van der Waals surface area contributed by atoms with Crippen molar-refractivity contribution in [3.63, 3.8) is 0 Å². The van der Waals surface area contributed by atoms with Gasteiger partial charge in [-0.2, -0.15) is 0 Å². The Bertz CT molecular complexity index is 1080. The van der Waals surface area contributed by atoms with Crippen molar-refractivity contribution in [2.45, 2.75) is 6.92 Å². The van der Waals surface area contributed by atoms with Crippen LogP contribution in [0.5, 0.6) is 0 Å². The lowest BCUT2D eigenvalue weighted by Crippen LogP contribution is -1.92. The number of rotatable bonds is 1. The van der Waals surface area contributed by atoms with Crippen LogP contribution >= 0.6 is 23.3 Å². The summed E-state index contributed by atoms with van der Waals surface area (Å²) in [6, 6.07) is 37.9. The van der Waals surface area contributed by atoms with Crippen LogP contribution in [0.4, 0.5) is 0 Å². The summed E-state index contributed by atoms with van der Waals surface area (Å²) < 4.78 is 2.32. The molecule has 3 heteroatoms. The molecule has 0 bridgehead atoms. The van der Waals surface area contributed by atoms with E-state index in [0.29, 0.717) is 0 Å². The standard InChI is InChI=1S/C18H13N.C7H8.H2S2/c1-2-8-14(9-3-1)19-17-12-6-4-10-15(17)16-11-5-7-13-18(16)19;1-7-5-3-2-4-6-7;1-2/h1-13H;2-6H,1H3;1-2H. The van der Waals surface area contributed by atoms with E-state index >= 15 is 0 Å². The topological polar surface area (TPSA) is 4.93 Å². The Morgan fingerprint density at radius 3 is 1.32 bits per heavy atom. The van der Waals surface area contributed by atoms with Gasteiger partial charge in [0.15, 0.2) is 0 Å². The van der Waals surface area contributed by atoms with Crippen molar-refractivity contribution in [1.82, 2.24) is 4.57 Å². The molecule has 140 valence electrons. The predicted molar refractivity (Wildman–Crippen MR) is 130 cm³/mol. The molecule has 1 heterocycles. The fraction of sp³-hybridized carbons (Fsp3) is 0.0400. The molecule has 0 fully saturated rings. The van der Waals surface area contributed by atoms with E-state index < -0.39 is 0 Å². The van der Waals surface area contributed by atoms with Gasteiger partial charge in [0.2, 0.25) is 0 Å². The fourth-order valence-corrected chi connectivity index (χ4v) is 3.31. The van der Waals surface area contributed by atoms with E-state index in [1.807, 2.05) is 18.2 Å². The molecule has 0 unspecified atom stereocenters. The molecule has 0 aliphatic rings. The third-order valence-corrected chi connectivity index (χ3v) is 4.53. The van der Waals surface area contributed by atoms with Crippen molar-refractivity contribution >= 4 is 45.1 Å². The van der Waals surface area contributed by atoms with E-state index in [1.165, 1.54) is 33.1 Å². The lowest BCUT2D eigenvalue weighted by atomic mass is 10.2. The van der Waals surface area contributed by atoms with Gasteiger partial charge in [-0.05, 0) is 31.2 Å². The summed E-state index contributed by atoms with van der Waals surface area (Å²) in [5.41, 5.74) is 5.05. The molecule has 0 saturated carbocycles. The first-order valence-corrected chi connectivity index (χ1v) is 10.7. The predicted octanol–water partition coefficient (Wildman–Crippen LogP) is 7.54. The van der Waals surface area contributed by atoms with Crippen LogP contribution in [0.15, 0.2) is 109 Å². The second kappa shape index (κ2) is 10.1. The zero-order valence-corrected chi connectivity index (χ0v) is 17.5. The summed E-state index contributed by atoms with van der Waals surface area (Å²) >= 11 is 6.44. The molecule has 4 aromatic carbocycles. The maximum Gasteiger partial charge on any atom is 0.0541 e. The van der Waals surface area contributed by atoms with Crippen LogP contribution in [0.3, 0.4) is 0 Å². The number of nitrogens with zero attached hydrogens (tertiary/aromatic N) is 1. The number of aryl methyl sites for hydroxylation is 1. The highest BCUT2D eigenvalue weighted by Crippen LogP contribution is 2.31. The molecule has 0 spiro atoms. The van der Waals surface area contributed by atoms with Gasteiger partial charge in [0.1, 0.15) is 0 Å². The molecule has 0 amide bonds. The number of fused-ring (bicyclic) bond motifs is 3. The fourth-order valence-electron chi connectivity index (χ4n) is 3.31. The first-order valence-electron chi connectivity index (χ1n) is 9.10. The van der Waals surface area contributed by atoms with Gasteiger partial charge in [-0.25, -0.2) is 0 Å². The molecular formula is C25H23NS2. The number of para-hydroxylation sites is 3.